The maximum absolute atomic E-state index is 11.5. The molecule has 0 amide bonds. The first-order valence-corrected chi connectivity index (χ1v) is 5.94. The van der Waals surface area contributed by atoms with E-state index in [1.165, 1.54) is 17.3 Å². The zero-order valence-corrected chi connectivity index (χ0v) is 10.6. The molecule has 0 unspecified atom stereocenters. The van der Waals surface area contributed by atoms with Crippen molar-refractivity contribution in [3.8, 4) is 0 Å². The van der Waals surface area contributed by atoms with Gasteiger partial charge in [-0.05, 0) is 25.0 Å². The van der Waals surface area contributed by atoms with E-state index in [2.05, 4.69) is 24.2 Å². The Balaban J connectivity index is 2.12. The van der Waals surface area contributed by atoms with Gasteiger partial charge in [0.15, 0.2) is 0 Å². The van der Waals surface area contributed by atoms with E-state index in [9.17, 15) is 4.79 Å². The number of aromatic nitrogens is 2. The fourth-order valence-corrected chi connectivity index (χ4v) is 1.73. The average molecular weight is 244 g/mol. The Labute approximate surface area is 106 Å². The lowest BCUT2D eigenvalue weighted by atomic mass is 10.1. The standard InChI is InChI=1S/C14H16N2O2/c1-3-18-14(17)13-8-15-16(10-13)9-12-7-5-4-6-11(12)2/h4-8,10H,3,9H2,1-2H3. The molecule has 4 heteroatoms. The molecule has 0 aliphatic rings. The molecule has 2 rings (SSSR count). The van der Waals surface area contributed by atoms with Crippen molar-refractivity contribution in [2.75, 3.05) is 6.61 Å². The van der Waals surface area contributed by atoms with Crippen LogP contribution in [0.4, 0.5) is 0 Å². The number of ether oxygens (including phenoxy) is 1. The number of aryl methyl sites for hydroxylation is 1. The van der Waals surface area contributed by atoms with Crippen molar-refractivity contribution < 1.29 is 9.53 Å². The van der Waals surface area contributed by atoms with Crippen LogP contribution in [-0.4, -0.2) is 22.4 Å². The summed E-state index contributed by atoms with van der Waals surface area (Å²) in [5.74, 6) is -0.325. The van der Waals surface area contributed by atoms with Gasteiger partial charge in [0.2, 0.25) is 0 Å². The Morgan fingerprint density at radius 1 is 1.39 bits per heavy atom. The maximum atomic E-state index is 11.5. The second-order valence-electron chi connectivity index (χ2n) is 4.07. The van der Waals surface area contributed by atoms with Gasteiger partial charge in [0.05, 0.1) is 24.9 Å². The highest BCUT2D eigenvalue weighted by Crippen LogP contribution is 2.09. The van der Waals surface area contributed by atoms with Gasteiger partial charge in [-0.3, -0.25) is 4.68 Å². The zero-order valence-electron chi connectivity index (χ0n) is 10.6. The van der Waals surface area contributed by atoms with Crippen LogP contribution in [0.5, 0.6) is 0 Å². The number of nitrogens with zero attached hydrogens (tertiary/aromatic N) is 2. The minimum atomic E-state index is -0.325. The third-order valence-corrected chi connectivity index (χ3v) is 2.74. The third-order valence-electron chi connectivity index (χ3n) is 2.74. The van der Waals surface area contributed by atoms with E-state index in [4.69, 9.17) is 4.74 Å². The Hall–Kier alpha value is -2.10. The second kappa shape index (κ2) is 5.49. The molecule has 1 aromatic carbocycles. The first-order chi connectivity index (χ1) is 8.70. The van der Waals surface area contributed by atoms with E-state index in [1.54, 1.807) is 17.8 Å². The van der Waals surface area contributed by atoms with Gasteiger partial charge in [0, 0.05) is 6.20 Å². The van der Waals surface area contributed by atoms with Gasteiger partial charge in [0.1, 0.15) is 0 Å². The number of esters is 1. The molecule has 0 saturated carbocycles. The molecule has 0 saturated heterocycles. The molecule has 2 aromatic rings. The lowest BCUT2D eigenvalue weighted by molar-refractivity contribution is 0.0526. The maximum Gasteiger partial charge on any atom is 0.341 e. The molecule has 0 aliphatic carbocycles. The Morgan fingerprint density at radius 3 is 2.89 bits per heavy atom. The second-order valence-corrected chi connectivity index (χ2v) is 4.07. The van der Waals surface area contributed by atoms with E-state index in [0.717, 1.165) is 0 Å². The van der Waals surface area contributed by atoms with Crippen molar-refractivity contribution in [1.82, 2.24) is 9.78 Å². The first kappa shape index (κ1) is 12.4. The highest BCUT2D eigenvalue weighted by molar-refractivity contribution is 5.88. The van der Waals surface area contributed by atoms with Gasteiger partial charge in [-0.1, -0.05) is 24.3 Å². The summed E-state index contributed by atoms with van der Waals surface area (Å²) in [5, 5.41) is 4.17. The minimum Gasteiger partial charge on any atom is -0.462 e. The van der Waals surface area contributed by atoms with Crippen LogP contribution in [-0.2, 0) is 11.3 Å². The molecule has 4 nitrogen and oxygen atoms in total. The van der Waals surface area contributed by atoms with Crippen molar-refractivity contribution in [2.45, 2.75) is 20.4 Å². The number of hydrogen-bond acceptors (Lipinski definition) is 3. The summed E-state index contributed by atoms with van der Waals surface area (Å²) in [6.45, 7) is 4.88. The molecule has 1 aromatic heterocycles. The topological polar surface area (TPSA) is 44.1 Å². The Kier molecular flexibility index (Phi) is 3.77. The van der Waals surface area contributed by atoms with E-state index < -0.39 is 0 Å². The summed E-state index contributed by atoms with van der Waals surface area (Å²) < 4.78 is 6.67. The highest BCUT2D eigenvalue weighted by atomic mass is 16.5. The average Bonchev–Trinajstić information content (AvgIpc) is 2.81. The van der Waals surface area contributed by atoms with Crippen molar-refractivity contribution in [3.05, 3.63) is 53.3 Å². The lowest BCUT2D eigenvalue weighted by Crippen LogP contribution is -2.04. The van der Waals surface area contributed by atoms with Crippen LogP contribution in [0.1, 0.15) is 28.4 Å². The van der Waals surface area contributed by atoms with Crippen molar-refractivity contribution >= 4 is 5.97 Å². The first-order valence-electron chi connectivity index (χ1n) is 5.94. The highest BCUT2D eigenvalue weighted by Gasteiger charge is 2.09. The molecule has 0 spiro atoms. The predicted molar refractivity (Wildman–Crippen MR) is 68.5 cm³/mol. The molecular weight excluding hydrogens is 228 g/mol. The summed E-state index contributed by atoms with van der Waals surface area (Å²) in [7, 11) is 0. The Morgan fingerprint density at radius 2 is 2.17 bits per heavy atom. The van der Waals surface area contributed by atoms with Gasteiger partial charge in [-0.15, -0.1) is 0 Å². The minimum absolute atomic E-state index is 0.325. The van der Waals surface area contributed by atoms with Crippen LogP contribution in [0.2, 0.25) is 0 Å². The van der Waals surface area contributed by atoms with Gasteiger partial charge >= 0.3 is 5.97 Å². The molecule has 0 radical (unpaired) electrons. The molecule has 0 atom stereocenters. The quantitative estimate of drug-likeness (QED) is 0.776. The van der Waals surface area contributed by atoms with Crippen molar-refractivity contribution in [2.24, 2.45) is 0 Å². The number of carbonyl (C=O) groups is 1. The SMILES string of the molecule is CCOC(=O)c1cnn(Cc2ccccc2C)c1. The van der Waals surface area contributed by atoms with Crippen LogP contribution in [0.15, 0.2) is 36.7 Å². The molecular formula is C14H16N2O2. The summed E-state index contributed by atoms with van der Waals surface area (Å²) in [6.07, 6.45) is 3.25. The lowest BCUT2D eigenvalue weighted by Gasteiger charge is -2.05. The van der Waals surface area contributed by atoms with E-state index in [-0.39, 0.29) is 5.97 Å². The van der Waals surface area contributed by atoms with Crippen LogP contribution in [0.3, 0.4) is 0 Å². The zero-order chi connectivity index (χ0) is 13.0. The normalized spacial score (nSPS) is 10.3. The number of carbonyl (C=O) groups excluding carboxylic acids is 1. The number of hydrogen-bond donors (Lipinski definition) is 0. The van der Waals surface area contributed by atoms with E-state index in [1.807, 2.05) is 12.1 Å². The summed E-state index contributed by atoms with van der Waals surface area (Å²) >= 11 is 0. The number of benzene rings is 1. The van der Waals surface area contributed by atoms with Crippen LogP contribution >= 0.6 is 0 Å². The van der Waals surface area contributed by atoms with Gasteiger partial charge in [0.25, 0.3) is 0 Å². The van der Waals surface area contributed by atoms with Crippen LogP contribution < -0.4 is 0 Å². The monoisotopic (exact) mass is 244 g/mol. The van der Waals surface area contributed by atoms with Crippen molar-refractivity contribution in [1.29, 1.82) is 0 Å². The molecule has 18 heavy (non-hydrogen) atoms. The molecule has 0 fully saturated rings. The van der Waals surface area contributed by atoms with Gasteiger partial charge in [-0.2, -0.15) is 5.10 Å². The van der Waals surface area contributed by atoms with E-state index >= 15 is 0 Å². The van der Waals surface area contributed by atoms with Crippen LogP contribution in [0.25, 0.3) is 0 Å². The third kappa shape index (κ3) is 2.77. The predicted octanol–water partition coefficient (Wildman–Crippen LogP) is 2.42. The number of rotatable bonds is 4. The summed E-state index contributed by atoms with van der Waals surface area (Å²) in [5.41, 5.74) is 2.90. The van der Waals surface area contributed by atoms with Crippen molar-refractivity contribution in [3.63, 3.8) is 0 Å². The molecule has 1 heterocycles. The molecule has 0 aliphatic heterocycles. The fourth-order valence-electron chi connectivity index (χ4n) is 1.73. The summed E-state index contributed by atoms with van der Waals surface area (Å²) in [6, 6.07) is 8.12. The van der Waals surface area contributed by atoms with Gasteiger partial charge in [-0.25, -0.2) is 4.79 Å². The molecule has 0 bridgehead atoms. The summed E-state index contributed by atoms with van der Waals surface area (Å²) in [4.78, 5) is 11.5. The molecule has 94 valence electrons. The van der Waals surface area contributed by atoms with Crippen LogP contribution in [0, 0.1) is 6.92 Å². The largest absolute Gasteiger partial charge is 0.462 e. The fraction of sp³-hybridized carbons (Fsp3) is 0.286. The van der Waals surface area contributed by atoms with E-state index in [0.29, 0.717) is 18.7 Å². The molecule has 0 N–H and O–H groups in total. The van der Waals surface area contributed by atoms with Gasteiger partial charge < -0.3 is 4.74 Å². The Bertz CT molecular complexity index is 546. The smallest absolute Gasteiger partial charge is 0.341 e.